The van der Waals surface area contributed by atoms with E-state index in [0.29, 0.717) is 10.6 Å². The number of aromatic nitrogens is 2. The van der Waals surface area contributed by atoms with Crippen molar-refractivity contribution in [2.75, 3.05) is 10.6 Å². The fraction of sp³-hybridized carbons (Fsp3) is 0.0263. The standard InChI is InChI=1S/C38H24ClN9O9S4.5Li/c1-21-31(20-40)35(41-25-10-14-28(15-11-25)59(49,50)51)44-36(42-26-12-16-29(17-13-26)60(52,53)54)33(21)46-48-38-43-34(22-6-8-24(39)9-7-22)37(58-38)47-45-27-18-23-4-2-3-5-30(23)32(19-27)61(55,56)57;;;;;/h2,5-19H,1H3,(H2,41,42,44)(H,49,50,51)(H,52,53,54)(H,55,56,57);;;;;/q-2;5*+1/p-3. The Hall–Kier alpha value is -3.56. The number of thiazole rings is 1. The molecule has 66 heavy (non-hydrogen) atoms. The zero-order valence-electron chi connectivity index (χ0n) is 35.6. The first kappa shape index (κ1) is 58.6. The molecule has 7 aromatic rings. The molecule has 0 aliphatic carbocycles. The molecule has 0 radical (unpaired) electrons. The SMILES string of the molecule is Cc1c(C#N)c(Nc2ccc(S(=O)(=O)[O-])cc2)nc(Nc2ccc(S(=O)(=O)[O-])cc2)c1N=Nc1nc(-c2ccc(Cl)cc2)c(N=Nc2cc(S(=O)(=O)[O-])c3c[c-]c[c-]c3c2)s1.[Li+].[Li+].[Li+].[Li+].[Li+]. The molecular weight excluding hydrogens is 925 g/mol. The van der Waals surface area contributed by atoms with Crippen LogP contribution in [0.15, 0.2) is 132 Å². The Kier molecular flexibility index (Phi) is 21.4. The Labute approximate surface area is 447 Å². The first-order chi connectivity index (χ1) is 28.9. The number of rotatable bonds is 12. The minimum Gasteiger partial charge on any atom is -0.746 e. The van der Waals surface area contributed by atoms with Gasteiger partial charge in [0.1, 0.15) is 47.8 Å². The van der Waals surface area contributed by atoms with Crippen LogP contribution >= 0.6 is 22.9 Å². The van der Waals surface area contributed by atoms with E-state index in [4.69, 9.17) is 11.6 Å². The number of hydrogen-bond acceptors (Lipinski definition) is 19. The van der Waals surface area contributed by atoms with E-state index in [2.05, 4.69) is 59.3 Å². The summed E-state index contributed by atoms with van der Waals surface area (Å²) < 4.78 is 105. The smallest absolute Gasteiger partial charge is 0.746 e. The van der Waals surface area contributed by atoms with E-state index >= 15 is 0 Å². The summed E-state index contributed by atoms with van der Waals surface area (Å²) in [6.07, 6.45) is 0. The number of azo groups is 2. The minimum atomic E-state index is -4.93. The van der Waals surface area contributed by atoms with Crippen LogP contribution in [0.5, 0.6) is 0 Å². The van der Waals surface area contributed by atoms with Crippen molar-refractivity contribution in [3.63, 3.8) is 0 Å². The number of benzene rings is 5. The maximum absolute atomic E-state index is 12.1. The van der Waals surface area contributed by atoms with E-state index in [0.717, 1.165) is 41.7 Å². The third kappa shape index (κ3) is 14.0. The van der Waals surface area contributed by atoms with E-state index in [-0.39, 0.29) is 166 Å². The van der Waals surface area contributed by atoms with Gasteiger partial charge < -0.3 is 42.5 Å². The number of nitrogens with zero attached hydrogens (tertiary/aromatic N) is 7. The largest absolute Gasteiger partial charge is 1.00 e. The molecule has 7 rings (SSSR count). The molecule has 308 valence electrons. The van der Waals surface area contributed by atoms with Gasteiger partial charge in [0.25, 0.3) is 0 Å². The molecule has 0 amide bonds. The average molecular weight is 946 g/mol. The molecule has 0 atom stereocenters. The molecule has 0 fully saturated rings. The fourth-order valence-corrected chi connectivity index (χ4v) is 8.11. The molecular formula is C38H21ClLi5N9O9S4. The molecule has 0 spiro atoms. The van der Waals surface area contributed by atoms with Crippen LogP contribution in [0.25, 0.3) is 22.0 Å². The van der Waals surface area contributed by atoms with Gasteiger partial charge in [-0.3, -0.25) is 6.07 Å². The quantitative estimate of drug-likeness (QED) is 0.0499. The van der Waals surface area contributed by atoms with E-state index in [1.165, 1.54) is 42.5 Å². The van der Waals surface area contributed by atoms with Crippen molar-refractivity contribution in [1.82, 2.24) is 9.97 Å². The van der Waals surface area contributed by atoms with Gasteiger partial charge >= 0.3 is 94.3 Å². The van der Waals surface area contributed by atoms with Gasteiger partial charge in [-0.2, -0.15) is 5.26 Å². The molecule has 0 aliphatic heterocycles. The number of nitriles is 1. The van der Waals surface area contributed by atoms with Crippen molar-refractivity contribution < 1.29 is 133 Å². The van der Waals surface area contributed by atoms with Crippen molar-refractivity contribution in [1.29, 1.82) is 5.26 Å². The maximum atomic E-state index is 12.1. The van der Waals surface area contributed by atoms with Gasteiger partial charge in [-0.05, 0) is 78.5 Å². The molecule has 2 heterocycles. The summed E-state index contributed by atoms with van der Waals surface area (Å²) in [6.45, 7) is 1.54. The second-order valence-corrected chi connectivity index (χ2v) is 18.0. The normalized spacial score (nSPS) is 11.3. The van der Waals surface area contributed by atoms with Crippen LogP contribution in [0.1, 0.15) is 11.1 Å². The summed E-state index contributed by atoms with van der Waals surface area (Å²) in [5.41, 5.74) is 1.55. The zero-order valence-corrected chi connectivity index (χ0v) is 39.6. The van der Waals surface area contributed by atoms with Crippen molar-refractivity contribution >= 4 is 109 Å². The van der Waals surface area contributed by atoms with Gasteiger partial charge in [-0.25, -0.2) is 46.0 Å². The summed E-state index contributed by atoms with van der Waals surface area (Å²) in [6, 6.07) is 29.0. The van der Waals surface area contributed by atoms with Crippen LogP contribution in [0, 0.1) is 30.4 Å². The Balaban J connectivity index is 0.00000299. The summed E-state index contributed by atoms with van der Waals surface area (Å²) in [5.74, 6) is -0.0549. The number of fused-ring (bicyclic) bond motifs is 1. The van der Waals surface area contributed by atoms with Crippen LogP contribution in [0.3, 0.4) is 0 Å². The molecule has 0 aliphatic rings. The monoisotopic (exact) mass is 945 g/mol. The average Bonchev–Trinajstić information content (AvgIpc) is 3.62. The third-order valence-electron chi connectivity index (χ3n) is 8.48. The van der Waals surface area contributed by atoms with E-state index in [1.54, 1.807) is 31.2 Å². The first-order valence-corrected chi connectivity index (χ1v) is 22.3. The third-order valence-corrected chi connectivity index (χ3v) is 12.1. The van der Waals surface area contributed by atoms with Crippen LogP contribution < -0.4 is 105 Å². The van der Waals surface area contributed by atoms with E-state index in [1.807, 2.05) is 0 Å². The molecule has 5 aromatic carbocycles. The predicted molar refractivity (Wildman–Crippen MR) is 220 cm³/mol. The molecule has 2 N–H and O–H groups in total. The Morgan fingerprint density at radius 2 is 1.27 bits per heavy atom. The van der Waals surface area contributed by atoms with Crippen molar-refractivity contribution in [3.8, 4) is 17.3 Å². The van der Waals surface area contributed by atoms with Gasteiger partial charge in [-0.15, -0.1) is 20.5 Å². The van der Waals surface area contributed by atoms with Crippen LogP contribution in [-0.4, -0.2) is 48.9 Å². The number of hydrogen-bond donors (Lipinski definition) is 2. The number of halogens is 1. The second kappa shape index (κ2) is 24.1. The van der Waals surface area contributed by atoms with Gasteiger partial charge in [0.15, 0.2) is 16.6 Å². The van der Waals surface area contributed by atoms with Gasteiger partial charge in [0, 0.05) is 27.5 Å². The molecule has 0 saturated heterocycles. The van der Waals surface area contributed by atoms with Crippen LogP contribution in [-0.2, 0) is 30.4 Å². The summed E-state index contributed by atoms with van der Waals surface area (Å²) in [5, 5.41) is 34.5. The summed E-state index contributed by atoms with van der Waals surface area (Å²) in [7, 11) is -14.4. The van der Waals surface area contributed by atoms with Crippen molar-refractivity contribution in [2.24, 2.45) is 20.5 Å². The number of pyridine rings is 1. The Morgan fingerprint density at radius 3 is 1.80 bits per heavy atom. The molecule has 28 heteroatoms. The summed E-state index contributed by atoms with van der Waals surface area (Å²) >= 11 is 7.06. The Bertz CT molecular complexity index is 3330. The van der Waals surface area contributed by atoms with Crippen LogP contribution in [0.4, 0.5) is 44.5 Å². The fourth-order valence-electron chi connectivity index (χ4n) is 5.61. The topological polar surface area (TPSA) is 295 Å². The molecule has 0 saturated carbocycles. The molecule has 0 unspecified atom stereocenters. The van der Waals surface area contributed by atoms with Crippen molar-refractivity contribution in [2.45, 2.75) is 21.6 Å². The number of nitrogens with one attached hydrogen (secondary N) is 2. The molecule has 2 aromatic heterocycles. The molecule has 18 nitrogen and oxygen atoms in total. The number of anilines is 4. The molecule has 0 bridgehead atoms. The maximum Gasteiger partial charge on any atom is 1.00 e. The van der Waals surface area contributed by atoms with E-state index in [9.17, 15) is 44.2 Å². The van der Waals surface area contributed by atoms with Crippen molar-refractivity contribution in [3.05, 3.63) is 125 Å². The van der Waals surface area contributed by atoms with Gasteiger partial charge in [-0.1, -0.05) is 41.1 Å². The summed E-state index contributed by atoms with van der Waals surface area (Å²) in [4.78, 5) is 7.64. The Morgan fingerprint density at radius 1 is 0.712 bits per heavy atom. The van der Waals surface area contributed by atoms with Crippen LogP contribution in [0.2, 0.25) is 5.02 Å². The first-order valence-electron chi connectivity index (χ1n) is 16.9. The second-order valence-electron chi connectivity index (χ2n) is 12.5. The zero-order chi connectivity index (χ0) is 43.7. The van der Waals surface area contributed by atoms with E-state index < -0.39 is 45.0 Å². The predicted octanol–water partition coefficient (Wildman–Crippen LogP) is -6.16. The minimum absolute atomic E-state index is 0. The van der Waals surface area contributed by atoms with Gasteiger partial charge in [0.05, 0.1) is 21.0 Å². The van der Waals surface area contributed by atoms with Gasteiger partial charge in [0.2, 0.25) is 5.13 Å².